The molecule has 0 aromatic heterocycles. The molecule has 0 spiro atoms. The fraction of sp³-hybridized carbons (Fsp3) is 0.417. The van der Waals surface area contributed by atoms with Crippen molar-refractivity contribution in [1.82, 2.24) is 5.32 Å². The molecule has 0 saturated carbocycles. The molecule has 1 heterocycles. The van der Waals surface area contributed by atoms with Crippen molar-refractivity contribution < 1.29 is 0 Å². The lowest BCUT2D eigenvalue weighted by molar-refractivity contribution is 0.322. The molecule has 1 saturated heterocycles. The summed E-state index contributed by atoms with van der Waals surface area (Å²) in [4.78, 5) is 0. The molecule has 0 amide bonds. The predicted molar refractivity (Wildman–Crippen MR) is 54.6 cm³/mol. The fourth-order valence-electron chi connectivity index (χ4n) is 1.95. The highest BCUT2D eigenvalue weighted by atomic mass is 15.0. The minimum Gasteiger partial charge on any atom is -0.215 e. The van der Waals surface area contributed by atoms with Gasteiger partial charge in [0.05, 0.1) is 6.07 Å². The first-order valence-electron chi connectivity index (χ1n) is 5.03. The quantitative estimate of drug-likeness (QED) is 0.660. The lowest BCUT2D eigenvalue weighted by Gasteiger charge is -2.30. The fourth-order valence-corrected chi connectivity index (χ4v) is 1.95. The number of rotatable bonds is 1. The van der Waals surface area contributed by atoms with E-state index in [1.807, 2.05) is 30.3 Å². The van der Waals surface area contributed by atoms with Crippen molar-refractivity contribution in [2.45, 2.75) is 24.8 Å². The van der Waals surface area contributed by atoms with Crippen molar-refractivity contribution >= 4 is 0 Å². The Morgan fingerprint density at radius 2 is 2.00 bits per heavy atom. The molecular weight excluding hydrogens is 172 g/mol. The zero-order valence-electron chi connectivity index (χ0n) is 8.11. The Balaban J connectivity index is 2.33. The molecule has 1 atom stereocenters. The van der Waals surface area contributed by atoms with Gasteiger partial charge in [-0.1, -0.05) is 30.3 Å². The monoisotopic (exact) mass is 185 g/mol. The van der Waals surface area contributed by atoms with Crippen LogP contribution in [0.3, 0.4) is 0 Å². The molecule has 71 valence electrons. The minimum absolute atomic E-state index is 0.556. The second kappa shape index (κ2) is 3.81. The largest absolute Gasteiger partial charge is 0.215 e. The van der Waals surface area contributed by atoms with Gasteiger partial charge in [0.15, 0.2) is 0 Å². The van der Waals surface area contributed by atoms with Crippen LogP contribution < -0.4 is 5.32 Å². The maximum Gasteiger partial charge on any atom is 0.147 e. The molecule has 1 aromatic rings. The Labute approximate surface area is 84.6 Å². The zero-order valence-corrected chi connectivity index (χ0v) is 8.11. The van der Waals surface area contributed by atoms with Gasteiger partial charge in [-0.15, -0.1) is 0 Å². The number of benzene rings is 1. The van der Waals surface area contributed by atoms with E-state index in [1.165, 1.54) is 0 Å². The highest BCUT2D eigenvalue weighted by Gasteiger charge is 2.34. The van der Waals surface area contributed by atoms with Gasteiger partial charge in [0, 0.05) is 6.54 Å². The Morgan fingerprint density at radius 3 is 2.57 bits per heavy atom. The van der Waals surface area contributed by atoms with E-state index in [0.717, 1.165) is 31.4 Å². The van der Waals surface area contributed by atoms with E-state index in [1.54, 1.807) is 0 Å². The number of nitriles is 1. The molecule has 0 N–H and O–H groups in total. The average Bonchev–Trinajstić information content (AvgIpc) is 2.31. The van der Waals surface area contributed by atoms with E-state index in [2.05, 4.69) is 11.4 Å². The summed E-state index contributed by atoms with van der Waals surface area (Å²) in [6, 6.07) is 12.3. The van der Waals surface area contributed by atoms with Gasteiger partial charge in [-0.25, -0.2) is 5.32 Å². The topological polar surface area (TPSA) is 37.9 Å². The summed E-state index contributed by atoms with van der Waals surface area (Å²) >= 11 is 0. The van der Waals surface area contributed by atoms with E-state index < -0.39 is 5.54 Å². The van der Waals surface area contributed by atoms with E-state index >= 15 is 0 Å². The lowest BCUT2D eigenvalue weighted by Crippen LogP contribution is -2.39. The number of hydrogen-bond donors (Lipinski definition) is 0. The van der Waals surface area contributed by atoms with Crippen LogP contribution in [0.5, 0.6) is 0 Å². The van der Waals surface area contributed by atoms with Gasteiger partial charge in [-0.2, -0.15) is 5.26 Å². The maximum absolute atomic E-state index is 9.25. The van der Waals surface area contributed by atoms with Gasteiger partial charge in [-0.05, 0) is 24.8 Å². The molecule has 0 bridgehead atoms. The highest BCUT2D eigenvalue weighted by molar-refractivity contribution is 5.31. The first-order chi connectivity index (χ1) is 6.87. The van der Waals surface area contributed by atoms with Crippen LogP contribution in [-0.4, -0.2) is 6.54 Å². The minimum atomic E-state index is -0.556. The standard InChI is InChI=1S/C12H13N2/c13-10-12(8-4-5-9-14-12)11-6-2-1-3-7-11/h1-3,6-7H,4-5,8-9H2. The average molecular weight is 185 g/mol. The predicted octanol–water partition coefficient (Wildman–Crippen LogP) is 2.19. The lowest BCUT2D eigenvalue weighted by atomic mass is 9.84. The molecule has 2 heteroatoms. The molecule has 1 radical (unpaired) electrons. The number of hydrogen-bond acceptors (Lipinski definition) is 1. The summed E-state index contributed by atoms with van der Waals surface area (Å²) in [7, 11) is 0. The van der Waals surface area contributed by atoms with Gasteiger partial charge in [0.25, 0.3) is 0 Å². The molecule has 2 rings (SSSR count). The number of piperidine rings is 1. The third-order valence-electron chi connectivity index (χ3n) is 2.76. The third kappa shape index (κ3) is 1.51. The summed E-state index contributed by atoms with van der Waals surface area (Å²) in [5, 5.41) is 13.7. The Kier molecular flexibility index (Phi) is 2.51. The molecule has 0 aliphatic carbocycles. The van der Waals surface area contributed by atoms with E-state index in [9.17, 15) is 5.26 Å². The van der Waals surface area contributed by atoms with Crippen LogP contribution in [0.1, 0.15) is 24.8 Å². The first-order valence-corrected chi connectivity index (χ1v) is 5.03. The van der Waals surface area contributed by atoms with E-state index in [4.69, 9.17) is 0 Å². The molecule has 1 unspecified atom stereocenters. The second-order valence-electron chi connectivity index (χ2n) is 3.68. The Morgan fingerprint density at radius 1 is 1.21 bits per heavy atom. The van der Waals surface area contributed by atoms with E-state index in [0.29, 0.717) is 0 Å². The van der Waals surface area contributed by atoms with Gasteiger partial charge < -0.3 is 0 Å². The van der Waals surface area contributed by atoms with Crippen molar-refractivity contribution in [3.05, 3.63) is 35.9 Å². The Hall–Kier alpha value is -1.33. The van der Waals surface area contributed by atoms with Crippen LogP contribution in [0, 0.1) is 11.3 Å². The molecule has 1 aliphatic rings. The molecule has 1 fully saturated rings. The molecule has 1 aromatic carbocycles. The highest BCUT2D eigenvalue weighted by Crippen LogP contribution is 2.30. The maximum atomic E-state index is 9.25. The zero-order chi connectivity index (χ0) is 9.86. The van der Waals surface area contributed by atoms with Crippen molar-refractivity contribution in [2.24, 2.45) is 0 Å². The SMILES string of the molecule is N#CC1(c2ccccc2)CCCC[N]1. The molecular formula is C12H13N2. The summed E-state index contributed by atoms with van der Waals surface area (Å²) in [5.74, 6) is 0. The van der Waals surface area contributed by atoms with Crippen molar-refractivity contribution in [3.63, 3.8) is 0 Å². The van der Waals surface area contributed by atoms with E-state index in [-0.39, 0.29) is 0 Å². The first kappa shape index (κ1) is 9.23. The summed E-state index contributed by atoms with van der Waals surface area (Å²) < 4.78 is 0. The smallest absolute Gasteiger partial charge is 0.147 e. The van der Waals surface area contributed by atoms with Gasteiger partial charge >= 0.3 is 0 Å². The number of nitrogens with zero attached hydrogens (tertiary/aromatic N) is 2. The van der Waals surface area contributed by atoms with Crippen molar-refractivity contribution in [1.29, 1.82) is 5.26 Å². The van der Waals surface area contributed by atoms with Crippen molar-refractivity contribution in [3.8, 4) is 6.07 Å². The molecule has 2 nitrogen and oxygen atoms in total. The summed E-state index contributed by atoms with van der Waals surface area (Å²) in [6.45, 7) is 0.822. The van der Waals surface area contributed by atoms with Gasteiger partial charge in [0.2, 0.25) is 0 Å². The Bertz CT molecular complexity index is 331. The van der Waals surface area contributed by atoms with Crippen LogP contribution in [0.15, 0.2) is 30.3 Å². The molecule has 1 aliphatic heterocycles. The van der Waals surface area contributed by atoms with Crippen LogP contribution in [0.2, 0.25) is 0 Å². The second-order valence-corrected chi connectivity index (χ2v) is 3.68. The van der Waals surface area contributed by atoms with Gasteiger partial charge in [-0.3, -0.25) is 0 Å². The van der Waals surface area contributed by atoms with Gasteiger partial charge in [0.1, 0.15) is 5.54 Å². The van der Waals surface area contributed by atoms with Crippen LogP contribution >= 0.6 is 0 Å². The van der Waals surface area contributed by atoms with Crippen molar-refractivity contribution in [2.75, 3.05) is 6.54 Å². The normalized spacial score (nSPS) is 26.8. The molecule has 14 heavy (non-hydrogen) atoms. The van der Waals surface area contributed by atoms with Crippen LogP contribution in [0.4, 0.5) is 0 Å². The van der Waals surface area contributed by atoms with Crippen LogP contribution in [-0.2, 0) is 5.54 Å². The third-order valence-corrected chi connectivity index (χ3v) is 2.76. The van der Waals surface area contributed by atoms with Crippen LogP contribution in [0.25, 0.3) is 0 Å². The summed E-state index contributed by atoms with van der Waals surface area (Å²) in [6.07, 6.45) is 3.09. The summed E-state index contributed by atoms with van der Waals surface area (Å²) in [5.41, 5.74) is 0.488.